The van der Waals surface area contributed by atoms with E-state index in [1.165, 1.54) is 71.0 Å². The molecule has 0 aromatic carbocycles. The Kier molecular flexibility index (Phi) is 5.70. The zero-order chi connectivity index (χ0) is 13.7. The molecule has 19 heavy (non-hydrogen) atoms. The molecule has 0 amide bonds. The Labute approximate surface area is 120 Å². The summed E-state index contributed by atoms with van der Waals surface area (Å²) in [7, 11) is 0. The van der Waals surface area contributed by atoms with Crippen LogP contribution in [-0.2, 0) is 0 Å². The highest BCUT2D eigenvalue weighted by molar-refractivity contribution is 4.88. The summed E-state index contributed by atoms with van der Waals surface area (Å²) in [5.74, 6) is 0. The third-order valence-corrected chi connectivity index (χ3v) is 5.70. The second kappa shape index (κ2) is 7.08. The average Bonchev–Trinajstić information content (AvgIpc) is 2.46. The molecule has 0 bridgehead atoms. The lowest BCUT2D eigenvalue weighted by Crippen LogP contribution is -2.48. The molecule has 0 radical (unpaired) electrons. The first-order valence-electron chi connectivity index (χ1n) is 8.64. The summed E-state index contributed by atoms with van der Waals surface area (Å²) in [5, 5.41) is 3.74. The molecule has 2 aliphatic rings. The Morgan fingerprint density at radius 3 is 2.53 bits per heavy atom. The van der Waals surface area contributed by atoms with Crippen LogP contribution in [0.4, 0.5) is 0 Å². The van der Waals surface area contributed by atoms with Gasteiger partial charge in [-0.2, -0.15) is 0 Å². The third-order valence-electron chi connectivity index (χ3n) is 5.70. The van der Waals surface area contributed by atoms with Crippen molar-refractivity contribution in [1.82, 2.24) is 10.2 Å². The lowest BCUT2D eigenvalue weighted by atomic mass is 9.77. The third kappa shape index (κ3) is 4.19. The Hall–Kier alpha value is -0.0800. The van der Waals surface area contributed by atoms with Crippen LogP contribution in [0.2, 0.25) is 0 Å². The number of hydrogen-bond donors (Lipinski definition) is 1. The molecule has 2 atom stereocenters. The van der Waals surface area contributed by atoms with Gasteiger partial charge in [0.05, 0.1) is 0 Å². The molecule has 1 saturated heterocycles. The lowest BCUT2D eigenvalue weighted by Gasteiger charge is -2.45. The Morgan fingerprint density at radius 1 is 1.16 bits per heavy atom. The van der Waals surface area contributed by atoms with E-state index in [0.29, 0.717) is 5.41 Å². The van der Waals surface area contributed by atoms with Crippen molar-refractivity contribution in [2.75, 3.05) is 19.6 Å². The van der Waals surface area contributed by atoms with Crippen molar-refractivity contribution in [2.45, 2.75) is 84.2 Å². The predicted molar refractivity (Wildman–Crippen MR) is 83.5 cm³/mol. The maximum absolute atomic E-state index is 3.74. The number of nitrogens with zero attached hydrogens (tertiary/aromatic N) is 1. The van der Waals surface area contributed by atoms with Crippen LogP contribution < -0.4 is 5.32 Å². The molecule has 1 N–H and O–H groups in total. The minimum absolute atomic E-state index is 0.630. The summed E-state index contributed by atoms with van der Waals surface area (Å²) >= 11 is 0. The highest BCUT2D eigenvalue weighted by Crippen LogP contribution is 2.36. The molecule has 1 heterocycles. The minimum Gasteiger partial charge on any atom is -0.314 e. The van der Waals surface area contributed by atoms with Gasteiger partial charge in [0.1, 0.15) is 0 Å². The SMILES string of the molecule is CCCNC1CCCC(N2CCC(C)(CC)CC2)C1. The zero-order valence-corrected chi connectivity index (χ0v) is 13.4. The van der Waals surface area contributed by atoms with Crippen LogP contribution in [0.1, 0.15) is 72.1 Å². The molecular weight excluding hydrogens is 232 g/mol. The van der Waals surface area contributed by atoms with Crippen LogP contribution in [-0.4, -0.2) is 36.6 Å². The van der Waals surface area contributed by atoms with Crippen molar-refractivity contribution in [3.63, 3.8) is 0 Å². The fourth-order valence-corrected chi connectivity index (χ4v) is 3.81. The first kappa shape index (κ1) is 15.3. The van der Waals surface area contributed by atoms with Gasteiger partial charge in [0.2, 0.25) is 0 Å². The normalized spacial score (nSPS) is 32.4. The van der Waals surface area contributed by atoms with E-state index in [9.17, 15) is 0 Å². The fraction of sp³-hybridized carbons (Fsp3) is 1.00. The molecule has 2 heteroatoms. The van der Waals surface area contributed by atoms with E-state index in [-0.39, 0.29) is 0 Å². The molecule has 0 aromatic heterocycles. The van der Waals surface area contributed by atoms with Gasteiger partial charge in [-0.1, -0.05) is 33.6 Å². The molecule has 2 fully saturated rings. The second-order valence-electron chi connectivity index (χ2n) is 7.17. The van der Waals surface area contributed by atoms with Gasteiger partial charge in [0, 0.05) is 12.1 Å². The molecule has 2 unspecified atom stereocenters. The van der Waals surface area contributed by atoms with E-state index >= 15 is 0 Å². The van der Waals surface area contributed by atoms with Crippen molar-refractivity contribution >= 4 is 0 Å². The number of likely N-dealkylation sites (tertiary alicyclic amines) is 1. The van der Waals surface area contributed by atoms with Crippen LogP contribution >= 0.6 is 0 Å². The van der Waals surface area contributed by atoms with Gasteiger partial charge in [-0.25, -0.2) is 0 Å². The summed E-state index contributed by atoms with van der Waals surface area (Å²) < 4.78 is 0. The van der Waals surface area contributed by atoms with Gasteiger partial charge in [0.25, 0.3) is 0 Å². The quantitative estimate of drug-likeness (QED) is 0.814. The van der Waals surface area contributed by atoms with Crippen molar-refractivity contribution < 1.29 is 0 Å². The van der Waals surface area contributed by atoms with E-state index in [4.69, 9.17) is 0 Å². The van der Waals surface area contributed by atoms with Crippen molar-refractivity contribution in [3.8, 4) is 0 Å². The molecule has 2 nitrogen and oxygen atoms in total. The Bertz CT molecular complexity index is 256. The summed E-state index contributed by atoms with van der Waals surface area (Å²) in [6.45, 7) is 11.0. The number of nitrogens with one attached hydrogen (secondary N) is 1. The molecule has 0 spiro atoms. The monoisotopic (exact) mass is 266 g/mol. The molecular formula is C17H34N2. The van der Waals surface area contributed by atoms with Crippen molar-refractivity contribution in [3.05, 3.63) is 0 Å². The van der Waals surface area contributed by atoms with Crippen LogP contribution in [0, 0.1) is 5.41 Å². The average molecular weight is 266 g/mol. The van der Waals surface area contributed by atoms with Crippen LogP contribution in [0.5, 0.6) is 0 Å². The maximum Gasteiger partial charge on any atom is 0.0110 e. The first-order chi connectivity index (χ1) is 9.17. The highest BCUT2D eigenvalue weighted by atomic mass is 15.2. The fourth-order valence-electron chi connectivity index (χ4n) is 3.81. The van der Waals surface area contributed by atoms with Gasteiger partial charge in [-0.15, -0.1) is 0 Å². The van der Waals surface area contributed by atoms with Crippen LogP contribution in [0.25, 0.3) is 0 Å². The zero-order valence-electron chi connectivity index (χ0n) is 13.4. The standard InChI is InChI=1S/C17H34N2/c1-4-11-18-15-7-6-8-16(14-15)19-12-9-17(3,5-2)10-13-19/h15-16,18H,4-14H2,1-3H3. The minimum atomic E-state index is 0.630. The molecule has 1 saturated carbocycles. The maximum atomic E-state index is 3.74. The lowest BCUT2D eigenvalue weighted by molar-refractivity contribution is 0.0592. The number of rotatable bonds is 5. The van der Waals surface area contributed by atoms with E-state index in [1.807, 2.05) is 0 Å². The smallest absolute Gasteiger partial charge is 0.0110 e. The Morgan fingerprint density at radius 2 is 1.89 bits per heavy atom. The molecule has 2 rings (SSSR count). The molecule has 1 aliphatic heterocycles. The van der Waals surface area contributed by atoms with Crippen LogP contribution in [0.15, 0.2) is 0 Å². The summed E-state index contributed by atoms with van der Waals surface area (Å²) in [4.78, 5) is 2.80. The topological polar surface area (TPSA) is 15.3 Å². The summed E-state index contributed by atoms with van der Waals surface area (Å²) in [6, 6.07) is 1.66. The van der Waals surface area contributed by atoms with E-state index in [0.717, 1.165) is 12.1 Å². The van der Waals surface area contributed by atoms with E-state index in [2.05, 4.69) is 31.0 Å². The molecule has 1 aliphatic carbocycles. The first-order valence-corrected chi connectivity index (χ1v) is 8.64. The van der Waals surface area contributed by atoms with Crippen LogP contribution in [0.3, 0.4) is 0 Å². The van der Waals surface area contributed by atoms with Gasteiger partial charge < -0.3 is 10.2 Å². The molecule has 0 aromatic rings. The van der Waals surface area contributed by atoms with Gasteiger partial charge in [0.15, 0.2) is 0 Å². The Balaban J connectivity index is 1.79. The summed E-state index contributed by atoms with van der Waals surface area (Å²) in [5.41, 5.74) is 0.630. The molecule has 112 valence electrons. The second-order valence-corrected chi connectivity index (χ2v) is 7.17. The van der Waals surface area contributed by atoms with E-state index < -0.39 is 0 Å². The number of hydrogen-bond acceptors (Lipinski definition) is 2. The number of piperidine rings is 1. The predicted octanol–water partition coefficient (Wildman–Crippen LogP) is 3.81. The van der Waals surface area contributed by atoms with Crippen molar-refractivity contribution in [2.24, 2.45) is 5.41 Å². The highest BCUT2D eigenvalue weighted by Gasteiger charge is 2.33. The van der Waals surface area contributed by atoms with Gasteiger partial charge in [-0.3, -0.25) is 0 Å². The largest absolute Gasteiger partial charge is 0.314 e. The van der Waals surface area contributed by atoms with Crippen molar-refractivity contribution in [1.29, 1.82) is 0 Å². The van der Waals surface area contributed by atoms with Gasteiger partial charge >= 0.3 is 0 Å². The van der Waals surface area contributed by atoms with Gasteiger partial charge in [-0.05, 0) is 63.6 Å². The van der Waals surface area contributed by atoms with E-state index in [1.54, 1.807) is 0 Å². The summed E-state index contributed by atoms with van der Waals surface area (Å²) in [6.07, 6.45) is 11.1.